The molecule has 2 aromatic heterocycles. The first-order valence-electron chi connectivity index (χ1n) is 9.79. The zero-order chi connectivity index (χ0) is 21.9. The van der Waals surface area contributed by atoms with Crippen LogP contribution in [0.3, 0.4) is 0 Å². The third kappa shape index (κ3) is 3.26. The number of nitrogens with two attached hydrogens (primary N) is 2. The Morgan fingerprint density at radius 2 is 2.03 bits per heavy atom. The fourth-order valence-electron chi connectivity index (χ4n) is 4.12. The van der Waals surface area contributed by atoms with Crippen molar-refractivity contribution < 1.29 is 14.3 Å². The molecule has 1 aliphatic rings. The lowest BCUT2D eigenvalue weighted by molar-refractivity contribution is -0.0535. The minimum absolute atomic E-state index is 0.0995. The summed E-state index contributed by atoms with van der Waals surface area (Å²) in [6.45, 7) is 1.75. The molecule has 7 nitrogen and oxygen atoms in total. The number of benzene rings is 2. The zero-order valence-electron chi connectivity index (χ0n) is 16.7. The lowest BCUT2D eigenvalue weighted by Crippen LogP contribution is -2.42. The minimum Gasteiger partial charge on any atom is -0.390 e. The molecule has 2 aromatic carbocycles. The van der Waals surface area contributed by atoms with Crippen molar-refractivity contribution >= 4 is 33.3 Å². The van der Waals surface area contributed by atoms with Gasteiger partial charge in [0.2, 0.25) is 0 Å². The lowest BCUT2D eigenvalue weighted by atomic mass is 9.77. The van der Waals surface area contributed by atoms with E-state index in [1.165, 1.54) is 17.4 Å². The highest BCUT2D eigenvalue weighted by Crippen LogP contribution is 2.43. The van der Waals surface area contributed by atoms with Gasteiger partial charge in [0.1, 0.15) is 27.9 Å². The monoisotopic (exact) mass is 437 g/mol. The Labute approximate surface area is 181 Å². The van der Waals surface area contributed by atoms with Gasteiger partial charge in [-0.3, -0.25) is 4.79 Å². The van der Waals surface area contributed by atoms with Crippen LogP contribution < -0.4 is 11.5 Å². The van der Waals surface area contributed by atoms with Gasteiger partial charge in [-0.2, -0.15) is 5.10 Å². The van der Waals surface area contributed by atoms with Gasteiger partial charge in [0.25, 0.3) is 5.91 Å². The van der Waals surface area contributed by atoms with Crippen molar-refractivity contribution in [1.82, 2.24) is 14.8 Å². The van der Waals surface area contributed by atoms with E-state index in [-0.39, 0.29) is 23.2 Å². The van der Waals surface area contributed by atoms with Gasteiger partial charge in [-0.1, -0.05) is 18.2 Å². The van der Waals surface area contributed by atoms with E-state index in [9.17, 15) is 14.3 Å². The van der Waals surface area contributed by atoms with Crippen molar-refractivity contribution in [3.05, 3.63) is 53.8 Å². The van der Waals surface area contributed by atoms with Gasteiger partial charge in [0.15, 0.2) is 0 Å². The quantitative estimate of drug-likeness (QED) is 0.449. The van der Waals surface area contributed by atoms with Crippen LogP contribution in [0.2, 0.25) is 0 Å². The number of nitrogen functional groups attached to an aromatic ring is 1. The molecule has 1 saturated carbocycles. The molecule has 1 amide bonds. The minimum atomic E-state index is -0.765. The van der Waals surface area contributed by atoms with Gasteiger partial charge in [-0.25, -0.2) is 14.1 Å². The van der Waals surface area contributed by atoms with E-state index >= 15 is 0 Å². The number of nitrogens with zero attached hydrogens (tertiary/aromatic N) is 3. The fourth-order valence-corrected chi connectivity index (χ4v) is 5.10. The molecule has 2 heterocycles. The van der Waals surface area contributed by atoms with Crippen LogP contribution in [0.25, 0.3) is 32.0 Å². The molecule has 1 aliphatic carbocycles. The molecule has 9 heteroatoms. The number of hydrogen-bond donors (Lipinski definition) is 3. The molecule has 0 spiro atoms. The first kappa shape index (κ1) is 19.7. The summed E-state index contributed by atoms with van der Waals surface area (Å²) in [5.41, 5.74) is 13.3. The number of fused-ring (bicyclic) bond motifs is 1. The van der Waals surface area contributed by atoms with E-state index in [1.54, 1.807) is 35.9 Å². The first-order chi connectivity index (χ1) is 14.7. The maximum Gasteiger partial charge on any atom is 0.254 e. The maximum absolute atomic E-state index is 14.2. The van der Waals surface area contributed by atoms with Crippen LogP contribution in [-0.4, -0.2) is 31.4 Å². The summed E-state index contributed by atoms with van der Waals surface area (Å²) in [5, 5.41) is 15.2. The number of aromatic nitrogens is 3. The molecule has 4 aromatic rings. The summed E-state index contributed by atoms with van der Waals surface area (Å²) in [6, 6.07) is 11.9. The second kappa shape index (κ2) is 6.86. The average molecular weight is 438 g/mol. The number of carbonyl (C=O) groups is 1. The third-order valence-electron chi connectivity index (χ3n) is 5.66. The number of thiazole rings is 1. The number of amides is 1. The standard InChI is InChI=1S/C22H20FN5O2S/c1-22(30)9-12(10-22)28-19(24)17(20(25)29)18(27-28)11-6-7-16-15(8-11)26-21(31-16)13-4-2-3-5-14(13)23/h2-8,12,30H,9-10,24H2,1H3,(H2,25,29). The van der Waals surface area contributed by atoms with E-state index in [2.05, 4.69) is 10.1 Å². The van der Waals surface area contributed by atoms with Crippen LogP contribution in [0.1, 0.15) is 36.2 Å². The second-order valence-electron chi connectivity index (χ2n) is 8.16. The number of rotatable bonds is 4. The van der Waals surface area contributed by atoms with Gasteiger partial charge in [0, 0.05) is 11.1 Å². The van der Waals surface area contributed by atoms with E-state index in [4.69, 9.17) is 11.5 Å². The molecule has 0 atom stereocenters. The SMILES string of the molecule is CC1(O)CC(n2nc(-c3ccc4sc(-c5ccccc5F)nc4c3)c(C(N)=O)c2N)C1. The normalized spacial score (nSPS) is 20.7. The largest absolute Gasteiger partial charge is 0.390 e. The Hall–Kier alpha value is -3.30. The number of anilines is 1. The summed E-state index contributed by atoms with van der Waals surface area (Å²) in [7, 11) is 0. The smallest absolute Gasteiger partial charge is 0.254 e. The van der Waals surface area contributed by atoms with Gasteiger partial charge in [0.05, 0.1) is 21.9 Å². The predicted octanol–water partition coefficient (Wildman–Crippen LogP) is 3.73. The zero-order valence-corrected chi connectivity index (χ0v) is 17.5. The van der Waals surface area contributed by atoms with E-state index in [0.717, 1.165) is 4.70 Å². The molecule has 5 rings (SSSR count). The van der Waals surface area contributed by atoms with Crippen LogP contribution in [0.15, 0.2) is 42.5 Å². The molecule has 158 valence electrons. The van der Waals surface area contributed by atoms with Crippen LogP contribution in [0.4, 0.5) is 10.2 Å². The first-order valence-corrected chi connectivity index (χ1v) is 10.6. The summed E-state index contributed by atoms with van der Waals surface area (Å²) in [5.74, 6) is -0.815. The molecule has 1 fully saturated rings. The third-order valence-corrected chi connectivity index (χ3v) is 6.73. The number of aliphatic hydroxyl groups is 1. The molecule has 0 aliphatic heterocycles. The Balaban J connectivity index is 1.59. The van der Waals surface area contributed by atoms with E-state index in [0.29, 0.717) is 40.2 Å². The summed E-state index contributed by atoms with van der Waals surface area (Å²) in [4.78, 5) is 16.7. The molecule has 0 unspecified atom stereocenters. The number of halogens is 1. The van der Waals surface area contributed by atoms with Crippen molar-refractivity contribution in [1.29, 1.82) is 0 Å². The Kier molecular flexibility index (Phi) is 4.35. The predicted molar refractivity (Wildman–Crippen MR) is 118 cm³/mol. The van der Waals surface area contributed by atoms with Crippen LogP contribution in [0.5, 0.6) is 0 Å². The Morgan fingerprint density at radius 1 is 1.29 bits per heavy atom. The average Bonchev–Trinajstić information content (AvgIpc) is 3.26. The highest BCUT2D eigenvalue weighted by Gasteiger charge is 2.41. The fraction of sp³-hybridized carbons (Fsp3) is 0.227. The summed E-state index contributed by atoms with van der Waals surface area (Å²) >= 11 is 1.38. The van der Waals surface area contributed by atoms with Crippen molar-refractivity contribution in [2.45, 2.75) is 31.4 Å². The van der Waals surface area contributed by atoms with Gasteiger partial charge >= 0.3 is 0 Å². The van der Waals surface area contributed by atoms with Crippen LogP contribution >= 0.6 is 11.3 Å². The van der Waals surface area contributed by atoms with Gasteiger partial charge in [-0.15, -0.1) is 11.3 Å². The van der Waals surface area contributed by atoms with Crippen molar-refractivity contribution in [3.8, 4) is 21.8 Å². The van der Waals surface area contributed by atoms with Crippen molar-refractivity contribution in [2.75, 3.05) is 5.73 Å². The van der Waals surface area contributed by atoms with Crippen molar-refractivity contribution in [2.24, 2.45) is 5.73 Å². The lowest BCUT2D eigenvalue weighted by Gasteiger charge is -2.41. The molecular formula is C22H20FN5O2S. The second-order valence-corrected chi connectivity index (χ2v) is 9.19. The number of primary amides is 1. The van der Waals surface area contributed by atoms with Gasteiger partial charge in [-0.05, 0) is 44.0 Å². The van der Waals surface area contributed by atoms with Gasteiger partial charge < -0.3 is 16.6 Å². The van der Waals surface area contributed by atoms with Crippen LogP contribution in [-0.2, 0) is 0 Å². The van der Waals surface area contributed by atoms with E-state index < -0.39 is 11.5 Å². The molecular weight excluding hydrogens is 417 g/mol. The summed E-state index contributed by atoms with van der Waals surface area (Å²) in [6.07, 6.45) is 0.987. The Morgan fingerprint density at radius 3 is 2.71 bits per heavy atom. The molecule has 5 N–H and O–H groups in total. The maximum atomic E-state index is 14.2. The molecule has 31 heavy (non-hydrogen) atoms. The van der Waals surface area contributed by atoms with E-state index in [1.807, 2.05) is 12.1 Å². The van der Waals surface area contributed by atoms with Crippen LogP contribution in [0, 0.1) is 5.82 Å². The molecule has 0 saturated heterocycles. The van der Waals surface area contributed by atoms with Crippen molar-refractivity contribution in [3.63, 3.8) is 0 Å². The summed E-state index contributed by atoms with van der Waals surface area (Å²) < 4.78 is 16.6. The Bertz CT molecular complexity index is 1340. The topological polar surface area (TPSA) is 120 Å². The highest BCUT2D eigenvalue weighted by molar-refractivity contribution is 7.21. The molecule has 0 radical (unpaired) electrons. The number of hydrogen-bond acceptors (Lipinski definition) is 6. The highest BCUT2D eigenvalue weighted by atomic mass is 32.1. The molecule has 0 bridgehead atoms. The number of carbonyl (C=O) groups excluding carboxylic acids is 1.